The highest BCUT2D eigenvalue weighted by Gasteiger charge is 2.29. The molecule has 1 atom stereocenters. The predicted molar refractivity (Wildman–Crippen MR) is 73.9 cm³/mol. The van der Waals surface area contributed by atoms with E-state index in [0.717, 1.165) is 0 Å². The fourth-order valence-electron chi connectivity index (χ4n) is 1.24. The lowest BCUT2D eigenvalue weighted by Gasteiger charge is -2.26. The molecule has 0 saturated carbocycles. The highest BCUT2D eigenvalue weighted by atomic mass is 79.9. The van der Waals surface area contributed by atoms with Crippen molar-refractivity contribution in [1.82, 2.24) is 4.72 Å². The number of sulfonamides is 1. The smallest absolute Gasteiger partial charge is 0.207 e. The molecule has 17 heavy (non-hydrogen) atoms. The van der Waals surface area contributed by atoms with Crippen LogP contribution in [0.2, 0.25) is 0 Å². The minimum absolute atomic E-state index is 0.227. The van der Waals surface area contributed by atoms with E-state index in [1.54, 1.807) is 31.2 Å². The molecular weight excluding hydrogens is 326 g/mol. The van der Waals surface area contributed by atoms with Crippen LogP contribution in [-0.2, 0) is 10.0 Å². The van der Waals surface area contributed by atoms with Crippen molar-refractivity contribution in [2.24, 2.45) is 0 Å². The molecule has 3 nitrogen and oxygen atoms in total. The van der Waals surface area contributed by atoms with E-state index in [1.807, 2.05) is 6.92 Å². The molecule has 0 heterocycles. The van der Waals surface area contributed by atoms with Crippen LogP contribution in [0.3, 0.4) is 0 Å². The van der Waals surface area contributed by atoms with Crippen LogP contribution in [0.4, 0.5) is 0 Å². The first kappa shape index (κ1) is 15.0. The molecule has 0 spiro atoms. The van der Waals surface area contributed by atoms with Gasteiger partial charge in [-0.2, -0.15) is 0 Å². The fraction of sp³-hybridized carbons (Fsp3) is 0.455. The van der Waals surface area contributed by atoms with Gasteiger partial charge in [0.2, 0.25) is 10.0 Å². The molecule has 1 aromatic carbocycles. The Morgan fingerprint density at radius 2 is 2.00 bits per heavy atom. The van der Waals surface area contributed by atoms with Crippen LogP contribution in [0.15, 0.2) is 33.6 Å². The lowest BCUT2D eigenvalue weighted by Crippen LogP contribution is -2.46. The van der Waals surface area contributed by atoms with Gasteiger partial charge in [0.1, 0.15) is 0 Å². The summed E-state index contributed by atoms with van der Waals surface area (Å²) in [6.45, 7) is 3.68. The summed E-state index contributed by atoms with van der Waals surface area (Å²) in [7, 11) is -3.55. The van der Waals surface area contributed by atoms with Gasteiger partial charge in [0, 0.05) is 15.9 Å². The van der Waals surface area contributed by atoms with Crippen molar-refractivity contribution >= 4 is 37.6 Å². The minimum Gasteiger partial charge on any atom is -0.207 e. The number of alkyl halides is 1. The van der Waals surface area contributed by atoms with Crippen molar-refractivity contribution in [3.63, 3.8) is 0 Å². The van der Waals surface area contributed by atoms with E-state index >= 15 is 0 Å². The molecule has 0 radical (unpaired) electrons. The molecule has 0 aliphatic rings. The Bertz CT molecular complexity index is 486. The van der Waals surface area contributed by atoms with Crippen LogP contribution >= 0.6 is 27.5 Å². The first-order valence-electron chi connectivity index (χ1n) is 5.19. The Labute approximate surface area is 116 Å². The van der Waals surface area contributed by atoms with Crippen LogP contribution in [0.25, 0.3) is 0 Å². The summed E-state index contributed by atoms with van der Waals surface area (Å²) < 4.78 is 27.6. The summed E-state index contributed by atoms with van der Waals surface area (Å²) in [6, 6.07) is 6.70. The highest BCUT2D eigenvalue weighted by Crippen LogP contribution is 2.23. The Morgan fingerprint density at radius 3 is 2.47 bits per heavy atom. The van der Waals surface area contributed by atoms with E-state index in [1.165, 1.54) is 0 Å². The van der Waals surface area contributed by atoms with Crippen LogP contribution in [0.1, 0.15) is 20.3 Å². The van der Waals surface area contributed by atoms with Crippen molar-refractivity contribution in [1.29, 1.82) is 0 Å². The molecule has 1 rings (SSSR count). The van der Waals surface area contributed by atoms with E-state index in [2.05, 4.69) is 20.7 Å². The number of rotatable bonds is 5. The average molecular weight is 341 g/mol. The summed E-state index contributed by atoms with van der Waals surface area (Å²) in [6.07, 6.45) is 0.625. The van der Waals surface area contributed by atoms with Gasteiger partial charge in [-0.05, 0) is 41.4 Å². The van der Waals surface area contributed by atoms with Gasteiger partial charge >= 0.3 is 0 Å². The predicted octanol–water partition coefficient (Wildman–Crippen LogP) is 3.13. The zero-order valence-electron chi connectivity index (χ0n) is 9.70. The molecule has 96 valence electrons. The normalized spacial score (nSPS) is 15.5. The second-order valence-corrected chi connectivity index (χ2v) is 6.86. The molecule has 0 aromatic heterocycles. The molecular formula is C11H15BrClNO2S. The molecule has 0 amide bonds. The van der Waals surface area contributed by atoms with E-state index in [4.69, 9.17) is 11.6 Å². The van der Waals surface area contributed by atoms with Crippen molar-refractivity contribution in [3.8, 4) is 0 Å². The molecule has 1 unspecified atom stereocenters. The number of halogens is 2. The second-order valence-electron chi connectivity index (χ2n) is 4.08. The Balaban J connectivity index is 3.10. The summed E-state index contributed by atoms with van der Waals surface area (Å²) in [4.78, 5) is 0.227. The third-order valence-electron chi connectivity index (χ3n) is 2.58. The molecule has 1 aromatic rings. The minimum atomic E-state index is -3.55. The van der Waals surface area contributed by atoms with Crippen LogP contribution in [0.5, 0.6) is 0 Å². The Hall–Kier alpha value is -0.100. The van der Waals surface area contributed by atoms with Gasteiger partial charge < -0.3 is 0 Å². The SMILES string of the molecule is CCC(C)(CCl)NS(=O)(=O)c1ccccc1Br. The van der Waals surface area contributed by atoms with Crippen molar-refractivity contribution in [3.05, 3.63) is 28.7 Å². The first-order valence-corrected chi connectivity index (χ1v) is 8.00. The van der Waals surface area contributed by atoms with Gasteiger partial charge in [0.15, 0.2) is 0 Å². The average Bonchev–Trinajstić information content (AvgIpc) is 2.28. The highest BCUT2D eigenvalue weighted by molar-refractivity contribution is 9.10. The van der Waals surface area contributed by atoms with Crippen LogP contribution < -0.4 is 4.72 Å². The summed E-state index contributed by atoms with van der Waals surface area (Å²) in [5.41, 5.74) is -0.629. The number of hydrogen-bond donors (Lipinski definition) is 1. The maximum absolute atomic E-state index is 12.2. The zero-order chi connectivity index (χ0) is 13.1. The first-order chi connectivity index (χ1) is 7.84. The topological polar surface area (TPSA) is 46.2 Å². The molecule has 1 N–H and O–H groups in total. The fourth-order valence-corrected chi connectivity index (χ4v) is 4.05. The zero-order valence-corrected chi connectivity index (χ0v) is 12.9. The molecule has 6 heteroatoms. The molecule has 0 fully saturated rings. The Morgan fingerprint density at radius 1 is 1.41 bits per heavy atom. The van der Waals surface area contributed by atoms with E-state index in [0.29, 0.717) is 10.9 Å². The van der Waals surface area contributed by atoms with Gasteiger partial charge in [-0.15, -0.1) is 11.6 Å². The number of hydrogen-bond acceptors (Lipinski definition) is 2. The van der Waals surface area contributed by atoms with Gasteiger partial charge in [0.25, 0.3) is 0 Å². The van der Waals surface area contributed by atoms with Crippen LogP contribution in [-0.4, -0.2) is 19.8 Å². The van der Waals surface area contributed by atoms with Gasteiger partial charge in [-0.25, -0.2) is 13.1 Å². The largest absolute Gasteiger partial charge is 0.242 e. The lowest BCUT2D eigenvalue weighted by molar-refractivity contribution is 0.444. The molecule has 0 aliphatic carbocycles. The molecule has 0 aliphatic heterocycles. The second kappa shape index (κ2) is 5.69. The van der Waals surface area contributed by atoms with Crippen molar-refractivity contribution in [2.45, 2.75) is 30.7 Å². The maximum atomic E-state index is 12.2. The summed E-state index contributed by atoms with van der Waals surface area (Å²) >= 11 is 9.03. The number of benzene rings is 1. The van der Waals surface area contributed by atoms with Gasteiger partial charge in [-0.1, -0.05) is 19.1 Å². The third kappa shape index (κ3) is 3.68. The molecule has 0 saturated heterocycles. The van der Waals surface area contributed by atoms with Crippen molar-refractivity contribution < 1.29 is 8.42 Å². The quantitative estimate of drug-likeness (QED) is 0.837. The van der Waals surface area contributed by atoms with E-state index in [9.17, 15) is 8.42 Å². The number of nitrogens with one attached hydrogen (secondary N) is 1. The molecule has 0 bridgehead atoms. The van der Waals surface area contributed by atoms with Gasteiger partial charge in [0.05, 0.1) is 4.90 Å². The van der Waals surface area contributed by atoms with Crippen molar-refractivity contribution in [2.75, 3.05) is 5.88 Å². The summed E-state index contributed by atoms with van der Waals surface area (Å²) in [5.74, 6) is 0.229. The van der Waals surface area contributed by atoms with E-state index in [-0.39, 0.29) is 10.8 Å². The monoisotopic (exact) mass is 339 g/mol. The lowest BCUT2D eigenvalue weighted by atomic mass is 10.0. The van der Waals surface area contributed by atoms with Crippen LogP contribution in [0, 0.1) is 0 Å². The third-order valence-corrected chi connectivity index (χ3v) is 5.82. The summed E-state index contributed by atoms with van der Waals surface area (Å²) in [5, 5.41) is 0. The maximum Gasteiger partial charge on any atom is 0.242 e. The standard InChI is InChI=1S/C11H15BrClNO2S/c1-3-11(2,8-13)14-17(15,16)10-7-5-4-6-9(10)12/h4-7,14H,3,8H2,1-2H3. The van der Waals surface area contributed by atoms with E-state index < -0.39 is 15.6 Å². The van der Waals surface area contributed by atoms with Gasteiger partial charge in [-0.3, -0.25) is 0 Å². The Kier molecular flexibility index (Phi) is 5.01.